The Morgan fingerprint density at radius 3 is 1.74 bits per heavy atom. The summed E-state index contributed by atoms with van der Waals surface area (Å²) in [5, 5.41) is 23.7. The lowest BCUT2D eigenvalue weighted by molar-refractivity contribution is -0.302. The van der Waals surface area contributed by atoms with Gasteiger partial charge in [0.05, 0.1) is 46.3 Å². The van der Waals surface area contributed by atoms with E-state index in [9.17, 15) is 19.8 Å². The average Bonchev–Trinajstić information content (AvgIpc) is 3.61. The van der Waals surface area contributed by atoms with Crippen LogP contribution in [0.2, 0.25) is 0 Å². The van der Waals surface area contributed by atoms with Gasteiger partial charge in [-0.15, -0.1) is 0 Å². The third-order valence-corrected chi connectivity index (χ3v) is 16.6. The SMILES string of the molecule is CO[C@](C(=O)O[C@H]1C[C@](C)([C@H](CC[C@](C)(O)[C@H]2CC[C@H]3O[C@@H]([C@]4(C)CC[C@@H](Br)C(C)(C)O4)CC[C@]3(C)O2)OC(=O)[C@@](OC)(c2ccccc2)C(F)(F)F)O[C@H]1C(C)(C)O)(c1ccccc1)C(F)(F)F. The van der Waals surface area contributed by atoms with Gasteiger partial charge in [-0.2, -0.15) is 26.3 Å². The van der Waals surface area contributed by atoms with Gasteiger partial charge < -0.3 is 48.1 Å². The second-order valence-electron chi connectivity index (χ2n) is 21.1. The number of aliphatic hydroxyl groups is 2. The van der Waals surface area contributed by atoms with Crippen LogP contribution in [0.15, 0.2) is 60.7 Å². The monoisotopic (exact) mass is 1050 g/mol. The predicted molar refractivity (Wildman–Crippen MR) is 242 cm³/mol. The number of carbonyl (C=O) groups excluding carboxylic acids is 2. The van der Waals surface area contributed by atoms with Crippen LogP contribution in [0.5, 0.6) is 0 Å². The number of alkyl halides is 7. The zero-order chi connectivity index (χ0) is 51.4. The van der Waals surface area contributed by atoms with E-state index < -0.39 is 117 Å². The highest BCUT2D eigenvalue weighted by Crippen LogP contribution is 2.52. The first-order valence-electron chi connectivity index (χ1n) is 23.3. The van der Waals surface area contributed by atoms with Gasteiger partial charge in [-0.3, -0.25) is 0 Å². The molecule has 4 heterocycles. The molecule has 4 aliphatic rings. The smallest absolute Gasteiger partial charge is 0.432 e. The standard InChI is InChI=1S/C50H67BrF6O12/c1-41(2,60)38-32(64-39(58)47(62-9,49(52,53)54)30-17-13-11-14-18-30)29-46(8,68-38)37(66-40(59)48(63-10,50(55,56)57)31-19-15-12-16-20-31)24-26-43(5,61)34-21-22-35-44(6,67-34)28-25-36(65-35)45(7)27-23-33(51)42(3,4)69-45/h11-20,32-38,60-61H,21-29H2,1-10H3/t32-,33+,34+,35+,36+,37-,38+,43-,44-,45-,46+,47-,48-/m0/s1. The van der Waals surface area contributed by atoms with Gasteiger partial charge in [0, 0.05) is 36.6 Å². The lowest BCUT2D eigenvalue weighted by Crippen LogP contribution is -2.63. The van der Waals surface area contributed by atoms with Gasteiger partial charge in [0.1, 0.15) is 23.9 Å². The van der Waals surface area contributed by atoms with E-state index in [4.69, 9.17) is 37.9 Å². The molecule has 0 bridgehead atoms. The molecule has 13 atom stereocenters. The van der Waals surface area contributed by atoms with Gasteiger partial charge in [0.15, 0.2) is 0 Å². The Balaban J connectivity index is 1.30. The molecule has 0 radical (unpaired) electrons. The zero-order valence-corrected chi connectivity index (χ0v) is 42.4. The topological polar surface area (TPSA) is 148 Å². The minimum Gasteiger partial charge on any atom is -0.457 e. The average molecular weight is 1050 g/mol. The maximum atomic E-state index is 15.3. The van der Waals surface area contributed by atoms with Crippen LogP contribution in [0.4, 0.5) is 26.3 Å². The number of rotatable bonds is 15. The third kappa shape index (κ3) is 10.5. The van der Waals surface area contributed by atoms with Crippen molar-refractivity contribution < 1.29 is 84.0 Å². The molecule has 2 aromatic carbocycles. The normalized spacial score (nSPS) is 34.0. The van der Waals surface area contributed by atoms with Crippen LogP contribution in [0.1, 0.15) is 124 Å². The first-order chi connectivity index (χ1) is 31.8. The molecular weight excluding hydrogens is 986 g/mol. The number of fused-ring (bicyclic) bond motifs is 1. The predicted octanol–water partition coefficient (Wildman–Crippen LogP) is 9.46. The molecule has 4 aliphatic heterocycles. The molecule has 0 saturated carbocycles. The van der Waals surface area contributed by atoms with Crippen LogP contribution in [0.3, 0.4) is 0 Å². The Kier molecular flexibility index (Phi) is 15.7. The number of benzene rings is 2. The molecule has 12 nitrogen and oxygen atoms in total. The second kappa shape index (κ2) is 19.5. The first-order valence-corrected chi connectivity index (χ1v) is 24.2. The molecule has 0 spiro atoms. The van der Waals surface area contributed by atoms with E-state index in [0.717, 1.165) is 37.1 Å². The highest BCUT2D eigenvalue weighted by molar-refractivity contribution is 9.09. The van der Waals surface area contributed by atoms with Crippen LogP contribution in [0.25, 0.3) is 0 Å². The fourth-order valence-electron chi connectivity index (χ4n) is 10.9. The van der Waals surface area contributed by atoms with Crippen LogP contribution < -0.4 is 0 Å². The molecule has 4 saturated heterocycles. The van der Waals surface area contributed by atoms with Gasteiger partial charge >= 0.3 is 24.3 Å². The summed E-state index contributed by atoms with van der Waals surface area (Å²) in [5.74, 6) is -3.83. The number of esters is 2. The molecule has 4 fully saturated rings. The van der Waals surface area contributed by atoms with E-state index in [1.54, 1.807) is 0 Å². The van der Waals surface area contributed by atoms with Crippen molar-refractivity contribution in [2.45, 2.75) is 212 Å². The molecule has 19 heteroatoms. The molecule has 0 unspecified atom stereocenters. The Morgan fingerprint density at radius 2 is 1.25 bits per heavy atom. The van der Waals surface area contributed by atoms with E-state index in [1.165, 1.54) is 64.1 Å². The molecule has 6 rings (SSSR count). The fraction of sp³-hybridized carbons (Fsp3) is 0.720. The van der Waals surface area contributed by atoms with Crippen molar-refractivity contribution in [1.82, 2.24) is 0 Å². The fourth-order valence-corrected chi connectivity index (χ4v) is 11.2. The van der Waals surface area contributed by atoms with Gasteiger partial charge in [-0.05, 0) is 107 Å². The summed E-state index contributed by atoms with van der Waals surface area (Å²) in [7, 11) is 1.37. The third-order valence-electron chi connectivity index (χ3n) is 15.0. The summed E-state index contributed by atoms with van der Waals surface area (Å²) in [6.07, 6.45) is -15.0. The molecule has 2 N–H and O–H groups in total. The molecule has 2 aromatic rings. The van der Waals surface area contributed by atoms with Crippen molar-refractivity contribution in [3.05, 3.63) is 71.8 Å². The van der Waals surface area contributed by atoms with Gasteiger partial charge in [0.25, 0.3) is 11.2 Å². The minimum atomic E-state index is -5.41. The molecule has 0 amide bonds. The summed E-state index contributed by atoms with van der Waals surface area (Å²) < 4.78 is 139. The maximum absolute atomic E-state index is 15.3. The zero-order valence-electron chi connectivity index (χ0n) is 40.8. The summed E-state index contributed by atoms with van der Waals surface area (Å²) in [6.45, 7) is 13.4. The number of halogens is 7. The quantitative estimate of drug-likeness (QED) is 0.0995. The number of carbonyl (C=O) groups is 2. The van der Waals surface area contributed by atoms with Crippen molar-refractivity contribution in [3.8, 4) is 0 Å². The van der Waals surface area contributed by atoms with Gasteiger partial charge in [-0.25, -0.2) is 9.59 Å². The lowest BCUT2D eigenvalue weighted by Gasteiger charge is -2.56. The van der Waals surface area contributed by atoms with E-state index in [2.05, 4.69) is 22.9 Å². The summed E-state index contributed by atoms with van der Waals surface area (Å²) in [5.41, 5.74) is -16.1. The largest absolute Gasteiger partial charge is 0.457 e. The van der Waals surface area contributed by atoms with Gasteiger partial charge in [0.2, 0.25) is 0 Å². The van der Waals surface area contributed by atoms with Crippen molar-refractivity contribution >= 4 is 27.9 Å². The van der Waals surface area contributed by atoms with E-state index in [1.807, 2.05) is 20.8 Å². The first kappa shape index (κ1) is 55.4. The van der Waals surface area contributed by atoms with Crippen LogP contribution in [-0.4, -0.2) is 124 Å². The Morgan fingerprint density at radius 1 is 0.739 bits per heavy atom. The Labute approximate surface area is 408 Å². The number of ether oxygens (including phenoxy) is 8. The van der Waals surface area contributed by atoms with Crippen LogP contribution >= 0.6 is 15.9 Å². The molecule has 0 aromatic heterocycles. The van der Waals surface area contributed by atoms with Crippen molar-refractivity contribution in [3.63, 3.8) is 0 Å². The van der Waals surface area contributed by atoms with Crippen LogP contribution in [-0.2, 0) is 58.7 Å². The van der Waals surface area contributed by atoms with Crippen LogP contribution in [0, 0.1) is 0 Å². The highest BCUT2D eigenvalue weighted by Gasteiger charge is 2.68. The second-order valence-corrected chi connectivity index (χ2v) is 22.2. The summed E-state index contributed by atoms with van der Waals surface area (Å²) in [4.78, 5) is 28.5. The lowest BCUT2D eigenvalue weighted by atomic mass is 9.75. The maximum Gasteiger partial charge on any atom is 0.432 e. The minimum absolute atomic E-state index is 0.177. The van der Waals surface area contributed by atoms with Crippen molar-refractivity contribution in [2.75, 3.05) is 14.2 Å². The highest BCUT2D eigenvalue weighted by atomic mass is 79.9. The van der Waals surface area contributed by atoms with Gasteiger partial charge in [-0.1, -0.05) is 76.6 Å². The molecule has 388 valence electrons. The number of hydrogen-bond acceptors (Lipinski definition) is 12. The van der Waals surface area contributed by atoms with E-state index in [-0.39, 0.29) is 23.5 Å². The summed E-state index contributed by atoms with van der Waals surface area (Å²) >= 11 is 3.74. The summed E-state index contributed by atoms with van der Waals surface area (Å²) in [6, 6.07) is 12.1. The number of hydrogen-bond donors (Lipinski definition) is 2. The number of methoxy groups -OCH3 is 2. The van der Waals surface area contributed by atoms with E-state index >= 15 is 26.3 Å². The Bertz CT molecular complexity index is 2100. The van der Waals surface area contributed by atoms with Crippen molar-refractivity contribution in [1.29, 1.82) is 0 Å². The Hall–Kier alpha value is -2.88. The molecular formula is C50H67BrF6O12. The van der Waals surface area contributed by atoms with Crippen molar-refractivity contribution in [2.24, 2.45) is 0 Å². The molecule has 0 aliphatic carbocycles. The van der Waals surface area contributed by atoms with E-state index in [0.29, 0.717) is 39.9 Å². The molecule has 69 heavy (non-hydrogen) atoms.